The summed E-state index contributed by atoms with van der Waals surface area (Å²) in [5.41, 5.74) is 6.97. The van der Waals surface area contributed by atoms with Crippen LogP contribution in [0.15, 0.2) is 18.2 Å². The van der Waals surface area contributed by atoms with Gasteiger partial charge in [0.05, 0.1) is 6.61 Å². The van der Waals surface area contributed by atoms with Gasteiger partial charge in [0.2, 0.25) is 0 Å². The van der Waals surface area contributed by atoms with E-state index < -0.39 is 0 Å². The fourth-order valence-corrected chi connectivity index (χ4v) is 2.50. The van der Waals surface area contributed by atoms with Gasteiger partial charge in [-0.2, -0.15) is 0 Å². The van der Waals surface area contributed by atoms with E-state index in [-0.39, 0.29) is 11.2 Å². The lowest BCUT2D eigenvalue weighted by atomic mass is 9.76. The summed E-state index contributed by atoms with van der Waals surface area (Å²) in [6.07, 6.45) is 4.32. The van der Waals surface area contributed by atoms with Crippen molar-refractivity contribution in [1.82, 2.24) is 0 Å². The average molecular weight is 265 g/mol. The van der Waals surface area contributed by atoms with Crippen molar-refractivity contribution in [2.24, 2.45) is 11.7 Å². The molecule has 2 nitrogen and oxygen atoms in total. The van der Waals surface area contributed by atoms with E-state index in [1.54, 1.807) is 0 Å². The van der Waals surface area contributed by atoms with E-state index in [4.69, 9.17) is 10.5 Å². The first-order valence-corrected chi connectivity index (χ1v) is 7.28. The molecule has 106 valence electrons. The van der Waals surface area contributed by atoms with Gasteiger partial charge in [0, 0.05) is 12.0 Å². The number of nitrogens with two attached hydrogens (primary N) is 1. The fraction of sp³-hybridized carbons (Fsp3) is 0.625. The SMILES string of the molecule is CCC(CC)(CN)c1ccc(F)c(OCC2CC2)c1. The second-order valence-electron chi connectivity index (χ2n) is 5.59. The van der Waals surface area contributed by atoms with Crippen LogP contribution in [0.5, 0.6) is 5.75 Å². The molecule has 0 spiro atoms. The highest BCUT2D eigenvalue weighted by atomic mass is 19.1. The Bertz CT molecular complexity index is 416. The van der Waals surface area contributed by atoms with E-state index in [0.717, 1.165) is 18.4 Å². The van der Waals surface area contributed by atoms with Crippen molar-refractivity contribution in [2.45, 2.75) is 44.9 Å². The molecule has 0 aromatic heterocycles. The third-order valence-corrected chi connectivity index (χ3v) is 4.46. The largest absolute Gasteiger partial charge is 0.490 e. The minimum absolute atomic E-state index is 0.0641. The Morgan fingerprint density at radius 1 is 1.32 bits per heavy atom. The van der Waals surface area contributed by atoms with Gasteiger partial charge >= 0.3 is 0 Å². The average Bonchev–Trinajstić information content (AvgIpc) is 3.25. The van der Waals surface area contributed by atoms with Gasteiger partial charge < -0.3 is 10.5 Å². The maximum atomic E-state index is 13.8. The molecule has 0 radical (unpaired) electrons. The summed E-state index contributed by atoms with van der Waals surface area (Å²) in [7, 11) is 0. The third-order valence-electron chi connectivity index (χ3n) is 4.46. The van der Waals surface area contributed by atoms with E-state index in [0.29, 0.717) is 24.8 Å². The van der Waals surface area contributed by atoms with Crippen molar-refractivity contribution in [3.05, 3.63) is 29.6 Å². The normalized spacial score (nSPS) is 15.6. The summed E-state index contributed by atoms with van der Waals surface area (Å²) < 4.78 is 19.4. The monoisotopic (exact) mass is 265 g/mol. The van der Waals surface area contributed by atoms with Gasteiger partial charge in [-0.25, -0.2) is 4.39 Å². The van der Waals surface area contributed by atoms with Crippen LogP contribution in [0.25, 0.3) is 0 Å². The highest BCUT2D eigenvalue weighted by molar-refractivity contribution is 5.35. The Morgan fingerprint density at radius 2 is 2.00 bits per heavy atom. The van der Waals surface area contributed by atoms with Crippen molar-refractivity contribution >= 4 is 0 Å². The Hall–Kier alpha value is -1.09. The molecule has 19 heavy (non-hydrogen) atoms. The first-order valence-electron chi connectivity index (χ1n) is 7.28. The maximum absolute atomic E-state index is 13.8. The second kappa shape index (κ2) is 5.91. The standard InChI is InChI=1S/C16H24FNO/c1-3-16(4-2,11-18)13-7-8-14(17)15(9-13)19-10-12-5-6-12/h7-9,12H,3-6,10-11,18H2,1-2H3. The van der Waals surface area contributed by atoms with Crippen LogP contribution in [-0.2, 0) is 5.41 Å². The molecular weight excluding hydrogens is 241 g/mol. The molecule has 1 saturated carbocycles. The van der Waals surface area contributed by atoms with E-state index in [2.05, 4.69) is 13.8 Å². The molecular formula is C16H24FNO. The van der Waals surface area contributed by atoms with E-state index in [1.165, 1.54) is 18.9 Å². The predicted molar refractivity (Wildman–Crippen MR) is 75.9 cm³/mol. The molecule has 2 rings (SSSR count). The van der Waals surface area contributed by atoms with E-state index in [9.17, 15) is 4.39 Å². The summed E-state index contributed by atoms with van der Waals surface area (Å²) >= 11 is 0. The van der Waals surface area contributed by atoms with Crippen molar-refractivity contribution < 1.29 is 9.13 Å². The van der Waals surface area contributed by atoms with Gasteiger partial charge in [-0.15, -0.1) is 0 Å². The third kappa shape index (κ3) is 3.08. The highest BCUT2D eigenvalue weighted by Gasteiger charge is 2.28. The first-order chi connectivity index (χ1) is 9.15. The van der Waals surface area contributed by atoms with Crippen molar-refractivity contribution in [3.8, 4) is 5.75 Å². The number of halogens is 1. The van der Waals surface area contributed by atoms with Crippen LogP contribution >= 0.6 is 0 Å². The van der Waals surface area contributed by atoms with Crippen LogP contribution in [0.4, 0.5) is 4.39 Å². The molecule has 1 fully saturated rings. The number of ether oxygens (including phenoxy) is 1. The molecule has 0 heterocycles. The lowest BCUT2D eigenvalue weighted by molar-refractivity contribution is 0.283. The van der Waals surface area contributed by atoms with Gasteiger partial charge in [-0.1, -0.05) is 19.9 Å². The number of benzene rings is 1. The van der Waals surface area contributed by atoms with E-state index in [1.807, 2.05) is 12.1 Å². The van der Waals surface area contributed by atoms with Crippen LogP contribution in [-0.4, -0.2) is 13.2 Å². The molecule has 0 bridgehead atoms. The predicted octanol–water partition coefficient (Wildman–Crippen LogP) is 3.63. The quantitative estimate of drug-likeness (QED) is 0.817. The van der Waals surface area contributed by atoms with Crippen molar-refractivity contribution in [2.75, 3.05) is 13.2 Å². The summed E-state index contributed by atoms with van der Waals surface area (Å²) in [5.74, 6) is 0.728. The molecule has 0 amide bonds. The zero-order chi connectivity index (χ0) is 13.9. The van der Waals surface area contributed by atoms with Gasteiger partial charge in [0.1, 0.15) is 0 Å². The summed E-state index contributed by atoms with van der Waals surface area (Å²) in [6, 6.07) is 5.20. The number of hydrogen-bond donors (Lipinski definition) is 1. The van der Waals surface area contributed by atoms with Gasteiger partial charge in [0.15, 0.2) is 11.6 Å². The molecule has 0 saturated heterocycles. The minimum Gasteiger partial charge on any atom is -0.490 e. The smallest absolute Gasteiger partial charge is 0.165 e. The Kier molecular flexibility index (Phi) is 4.46. The molecule has 1 aliphatic rings. The lowest BCUT2D eigenvalue weighted by Gasteiger charge is -2.31. The molecule has 0 atom stereocenters. The second-order valence-corrected chi connectivity index (χ2v) is 5.59. The van der Waals surface area contributed by atoms with Gasteiger partial charge in [-0.05, 0) is 49.3 Å². The molecule has 0 unspecified atom stereocenters. The first kappa shape index (κ1) is 14.3. The Labute approximate surface area is 115 Å². The Balaban J connectivity index is 2.22. The topological polar surface area (TPSA) is 35.2 Å². The molecule has 3 heteroatoms. The summed E-state index contributed by atoms with van der Waals surface area (Å²) in [6.45, 7) is 5.47. The maximum Gasteiger partial charge on any atom is 0.165 e. The van der Waals surface area contributed by atoms with E-state index >= 15 is 0 Å². The van der Waals surface area contributed by atoms with Crippen molar-refractivity contribution in [1.29, 1.82) is 0 Å². The van der Waals surface area contributed by atoms with Crippen LogP contribution < -0.4 is 10.5 Å². The molecule has 1 aromatic carbocycles. The number of hydrogen-bond acceptors (Lipinski definition) is 2. The van der Waals surface area contributed by atoms with Crippen LogP contribution in [0.3, 0.4) is 0 Å². The molecule has 2 N–H and O–H groups in total. The highest BCUT2D eigenvalue weighted by Crippen LogP contribution is 2.35. The van der Waals surface area contributed by atoms with Gasteiger partial charge in [0.25, 0.3) is 0 Å². The lowest BCUT2D eigenvalue weighted by Crippen LogP contribution is -2.33. The fourth-order valence-electron chi connectivity index (χ4n) is 2.50. The molecule has 0 aliphatic heterocycles. The summed E-state index contributed by atoms with van der Waals surface area (Å²) in [4.78, 5) is 0. The van der Waals surface area contributed by atoms with Gasteiger partial charge in [-0.3, -0.25) is 0 Å². The molecule has 1 aromatic rings. The molecule has 1 aliphatic carbocycles. The number of rotatable bonds is 7. The van der Waals surface area contributed by atoms with Crippen LogP contribution in [0.2, 0.25) is 0 Å². The Morgan fingerprint density at radius 3 is 2.53 bits per heavy atom. The minimum atomic E-state index is -0.275. The zero-order valence-corrected chi connectivity index (χ0v) is 11.9. The summed E-state index contributed by atoms with van der Waals surface area (Å²) in [5, 5.41) is 0. The zero-order valence-electron chi connectivity index (χ0n) is 11.9. The van der Waals surface area contributed by atoms with Crippen molar-refractivity contribution in [3.63, 3.8) is 0 Å². The van der Waals surface area contributed by atoms with Crippen LogP contribution in [0.1, 0.15) is 45.1 Å². The van der Waals surface area contributed by atoms with Crippen LogP contribution in [0, 0.1) is 11.7 Å².